The highest BCUT2D eigenvalue weighted by atomic mass is 31.2. The summed E-state index contributed by atoms with van der Waals surface area (Å²) >= 11 is 0. The number of carbonyl (C=O) groups is 2. The fourth-order valence-corrected chi connectivity index (χ4v) is 2.41. The quantitative estimate of drug-likeness (QED) is 0.591. The molecule has 7 heteroatoms. The van der Waals surface area contributed by atoms with Crippen molar-refractivity contribution in [2.45, 2.75) is 13.8 Å². The van der Waals surface area contributed by atoms with E-state index in [1.54, 1.807) is 0 Å². The van der Waals surface area contributed by atoms with Gasteiger partial charge in [0.2, 0.25) is 0 Å². The van der Waals surface area contributed by atoms with Gasteiger partial charge in [0, 0.05) is 11.1 Å². The van der Waals surface area contributed by atoms with Crippen molar-refractivity contribution in [2.24, 2.45) is 0 Å². The van der Waals surface area contributed by atoms with Crippen LogP contribution in [0.15, 0.2) is 85.0 Å². The van der Waals surface area contributed by atoms with Gasteiger partial charge in [-0.25, -0.2) is 14.2 Å². The van der Waals surface area contributed by atoms with Gasteiger partial charge in [-0.1, -0.05) is 73.8 Å². The van der Waals surface area contributed by atoms with Crippen LogP contribution in [0.1, 0.15) is 13.8 Å². The van der Waals surface area contributed by atoms with E-state index in [0.717, 1.165) is 0 Å². The number of hydrogen-bond donors (Lipinski definition) is 1. The van der Waals surface area contributed by atoms with Gasteiger partial charge < -0.3 is 9.05 Å². The summed E-state index contributed by atoms with van der Waals surface area (Å²) in [7, 11) is -4.73. The lowest BCUT2D eigenvalue weighted by molar-refractivity contribution is -0.135. The molecular weight excluding hydrogens is 367 g/mol. The van der Waals surface area contributed by atoms with E-state index in [9.17, 15) is 14.2 Å². The minimum absolute atomic E-state index is 0.0874. The van der Waals surface area contributed by atoms with Crippen molar-refractivity contribution in [3.8, 4) is 11.1 Å². The van der Waals surface area contributed by atoms with Crippen LogP contribution in [-0.2, 0) is 23.2 Å². The van der Waals surface area contributed by atoms with Gasteiger partial charge in [0.05, 0.1) is 0 Å². The summed E-state index contributed by atoms with van der Waals surface area (Å²) in [5.41, 5.74) is 2.38. The Hall–Kier alpha value is -2.95. The topological polar surface area (TPSA) is 89.9 Å². The Morgan fingerprint density at radius 1 is 0.778 bits per heavy atom. The van der Waals surface area contributed by atoms with Crippen molar-refractivity contribution >= 4 is 19.8 Å². The third kappa shape index (κ3) is 8.31. The lowest BCUT2D eigenvalue weighted by Crippen LogP contribution is -2.09. The molecule has 6 nitrogen and oxygen atoms in total. The second kappa shape index (κ2) is 10.3. The first-order valence-corrected chi connectivity index (χ1v) is 9.34. The van der Waals surface area contributed by atoms with Crippen LogP contribution in [0.25, 0.3) is 11.1 Å². The molecule has 27 heavy (non-hydrogen) atoms. The monoisotopic (exact) mass is 388 g/mol. The van der Waals surface area contributed by atoms with Crippen molar-refractivity contribution < 1.29 is 28.1 Å². The highest BCUT2D eigenvalue weighted by Gasteiger charge is 2.30. The molecule has 142 valence electrons. The zero-order valence-electron chi connectivity index (χ0n) is 15.1. The summed E-state index contributed by atoms with van der Waals surface area (Å²) in [6.07, 6.45) is 0. The predicted molar refractivity (Wildman–Crippen MR) is 104 cm³/mol. The first-order valence-electron chi connectivity index (χ1n) is 7.84. The molecular formula is C20H21O6P. The molecule has 0 bridgehead atoms. The van der Waals surface area contributed by atoms with Crippen molar-refractivity contribution in [3.63, 3.8) is 0 Å². The number of phosphoric acid groups is 1. The average molecular weight is 388 g/mol. The number of phosphoric ester groups is 1. The van der Waals surface area contributed by atoms with E-state index in [0.29, 0.717) is 0 Å². The smallest absolute Gasteiger partial charge is 0.358 e. The molecule has 1 N–H and O–H groups in total. The number of carbonyl (C=O) groups excluding carboxylic acids is 2. The van der Waals surface area contributed by atoms with E-state index >= 15 is 0 Å². The minimum Gasteiger partial charge on any atom is -0.358 e. The second-order valence-corrected chi connectivity index (χ2v) is 6.82. The molecule has 0 saturated heterocycles. The van der Waals surface area contributed by atoms with E-state index in [2.05, 4.69) is 70.7 Å². The Morgan fingerprint density at radius 3 is 1.33 bits per heavy atom. The molecule has 0 aliphatic rings. The Kier molecular flexibility index (Phi) is 8.39. The molecule has 2 rings (SSSR count). The Labute approximate surface area is 158 Å². The van der Waals surface area contributed by atoms with Gasteiger partial charge in [-0.2, -0.15) is 0 Å². The van der Waals surface area contributed by atoms with Gasteiger partial charge in [-0.15, -0.1) is 0 Å². The Bertz CT molecular complexity index is 789. The molecule has 0 spiro atoms. The summed E-state index contributed by atoms with van der Waals surface area (Å²) in [4.78, 5) is 30.6. The Morgan fingerprint density at radius 2 is 1.07 bits per heavy atom. The fraction of sp³-hybridized carbons (Fsp3) is 0.100. The summed E-state index contributed by atoms with van der Waals surface area (Å²) in [6, 6.07) is 20.8. The number of rotatable bonds is 5. The highest BCUT2D eigenvalue weighted by molar-refractivity contribution is 7.48. The van der Waals surface area contributed by atoms with Crippen LogP contribution in [0.3, 0.4) is 0 Å². The van der Waals surface area contributed by atoms with Crippen LogP contribution < -0.4 is 0 Å². The Balaban J connectivity index is 0.000000274. The van der Waals surface area contributed by atoms with Crippen LogP contribution in [0.2, 0.25) is 0 Å². The third-order valence-electron chi connectivity index (χ3n) is 2.97. The molecule has 0 fully saturated rings. The first kappa shape index (κ1) is 22.1. The van der Waals surface area contributed by atoms with Gasteiger partial charge in [0.1, 0.15) is 0 Å². The molecule has 0 aliphatic carbocycles. The molecule has 0 aliphatic heterocycles. The molecule has 0 saturated carbocycles. The zero-order chi connectivity index (χ0) is 20.4. The van der Waals surface area contributed by atoms with Gasteiger partial charge in [-0.3, -0.25) is 4.89 Å². The summed E-state index contributed by atoms with van der Waals surface area (Å²) < 4.78 is 19.0. The lowest BCUT2D eigenvalue weighted by Gasteiger charge is -2.10. The fourth-order valence-electron chi connectivity index (χ4n) is 1.65. The number of hydrogen-bond acceptors (Lipinski definition) is 5. The van der Waals surface area contributed by atoms with Crippen molar-refractivity contribution in [1.82, 2.24) is 0 Å². The third-order valence-corrected chi connectivity index (χ3v) is 3.77. The average Bonchev–Trinajstić information content (AvgIpc) is 2.62. The van der Waals surface area contributed by atoms with Crippen molar-refractivity contribution in [1.29, 1.82) is 0 Å². The number of benzene rings is 2. The largest absolute Gasteiger partial charge is 0.589 e. The molecule has 0 amide bonds. The maximum absolute atomic E-state index is 11.0. The van der Waals surface area contributed by atoms with Crippen LogP contribution in [0, 0.1) is 0 Å². The van der Waals surface area contributed by atoms with Gasteiger partial charge in [0.25, 0.3) is 0 Å². The first-order chi connectivity index (χ1) is 12.6. The maximum Gasteiger partial charge on any atom is 0.589 e. The van der Waals surface area contributed by atoms with Gasteiger partial charge in [0.15, 0.2) is 0 Å². The summed E-state index contributed by atoms with van der Waals surface area (Å²) in [5.74, 6) is -2.23. The molecule has 2 aromatic carbocycles. The van der Waals surface area contributed by atoms with Crippen molar-refractivity contribution in [2.75, 3.05) is 0 Å². The van der Waals surface area contributed by atoms with E-state index in [1.807, 2.05) is 12.1 Å². The van der Waals surface area contributed by atoms with Crippen LogP contribution in [-0.4, -0.2) is 16.8 Å². The molecule has 2 aromatic rings. The van der Waals surface area contributed by atoms with E-state index in [1.165, 1.54) is 25.0 Å². The van der Waals surface area contributed by atoms with Crippen LogP contribution in [0.5, 0.6) is 0 Å². The van der Waals surface area contributed by atoms with E-state index in [-0.39, 0.29) is 11.1 Å². The molecule has 0 radical (unpaired) electrons. The molecule has 0 atom stereocenters. The van der Waals surface area contributed by atoms with Crippen LogP contribution in [0.4, 0.5) is 0 Å². The van der Waals surface area contributed by atoms with Gasteiger partial charge >= 0.3 is 19.8 Å². The molecule has 0 unspecified atom stereocenters. The highest BCUT2D eigenvalue weighted by Crippen LogP contribution is 2.44. The van der Waals surface area contributed by atoms with Crippen LogP contribution >= 0.6 is 7.82 Å². The maximum atomic E-state index is 11.0. The van der Waals surface area contributed by atoms with E-state index in [4.69, 9.17) is 4.89 Å². The second-order valence-electron chi connectivity index (χ2n) is 5.52. The lowest BCUT2D eigenvalue weighted by atomic mass is 10.1. The predicted octanol–water partition coefficient (Wildman–Crippen LogP) is 4.68. The van der Waals surface area contributed by atoms with Crippen molar-refractivity contribution in [3.05, 3.63) is 85.0 Å². The summed E-state index contributed by atoms with van der Waals surface area (Å²) in [5, 5.41) is 0. The summed E-state index contributed by atoms with van der Waals surface area (Å²) in [6.45, 7) is 8.94. The molecule has 0 aromatic heterocycles. The standard InChI is InChI=1S/C12H10.C8H11O6P/c1-3-7-11(8-4-1)12-9-5-2-6-10-12;1-5(2)7(9)13-15(11,12)14-8(10)6(3)4/h1-10H;1,3H2,2,4H3,(H,11,12). The minimum atomic E-state index is -4.73. The SMILES string of the molecule is C=C(C)C(=O)OP(=O)(O)OC(=O)C(=C)C.c1ccc(-c2ccccc2)cc1. The molecule has 0 heterocycles. The zero-order valence-corrected chi connectivity index (χ0v) is 16.0. The van der Waals surface area contributed by atoms with E-state index < -0.39 is 19.8 Å². The van der Waals surface area contributed by atoms with Gasteiger partial charge in [-0.05, 0) is 25.0 Å². The normalized spacial score (nSPS) is 10.0.